The molecule has 0 aliphatic carbocycles. The van der Waals surface area contributed by atoms with Gasteiger partial charge in [0.25, 0.3) is 5.91 Å². The Morgan fingerprint density at radius 1 is 1.42 bits per heavy atom. The van der Waals surface area contributed by atoms with Gasteiger partial charge in [-0.25, -0.2) is 18.6 Å². The van der Waals surface area contributed by atoms with E-state index < -0.39 is 34.9 Å². The van der Waals surface area contributed by atoms with Crippen molar-refractivity contribution in [2.75, 3.05) is 7.11 Å². The topological polar surface area (TPSA) is 102 Å². The third-order valence-electron chi connectivity index (χ3n) is 3.19. The highest BCUT2D eigenvalue weighted by Gasteiger charge is 2.29. The van der Waals surface area contributed by atoms with E-state index in [4.69, 9.17) is 17.0 Å². The van der Waals surface area contributed by atoms with Crippen molar-refractivity contribution in [2.24, 2.45) is 4.99 Å². The Hall–Kier alpha value is -3.07. The Bertz CT molecular complexity index is 865. The van der Waals surface area contributed by atoms with Crippen molar-refractivity contribution < 1.29 is 23.1 Å². The molecule has 0 saturated heterocycles. The fourth-order valence-corrected chi connectivity index (χ4v) is 2.16. The standard InChI is InChI=1S/C16H12ClF2N4O3/c1-26-16(25)14-12(19)13(22-11(23-14)4-5-20)15(24)21-7-8-2-3-10(18)9(17)6-8/h2-6,23H,7H2,1H3,(H,21,24)/q-1/b11-4-. The van der Waals surface area contributed by atoms with Gasteiger partial charge < -0.3 is 20.8 Å². The summed E-state index contributed by atoms with van der Waals surface area (Å²) in [6.45, 7) is -0.0860. The molecule has 1 amide bonds. The van der Waals surface area contributed by atoms with Crippen LogP contribution < -0.4 is 10.6 Å². The number of halogens is 3. The molecular formula is C16H12ClF2N4O3-. The molecule has 0 bridgehead atoms. The van der Waals surface area contributed by atoms with Crippen LogP contribution in [0.1, 0.15) is 5.56 Å². The molecule has 1 aromatic rings. The second kappa shape index (κ2) is 8.34. The van der Waals surface area contributed by atoms with Gasteiger partial charge in [-0.1, -0.05) is 17.7 Å². The number of benzene rings is 1. The van der Waals surface area contributed by atoms with Crippen LogP contribution >= 0.6 is 11.6 Å². The summed E-state index contributed by atoms with van der Waals surface area (Å²) in [5.41, 5.74) is -0.854. The minimum absolute atomic E-state index is 0.0860. The van der Waals surface area contributed by atoms with Gasteiger partial charge in [-0.2, -0.15) is 6.21 Å². The second-order valence-electron chi connectivity index (χ2n) is 4.90. The number of amides is 1. The number of ether oxygens (including phenoxy) is 1. The average molecular weight is 382 g/mol. The van der Waals surface area contributed by atoms with Crippen LogP contribution in [0.2, 0.25) is 5.02 Å². The summed E-state index contributed by atoms with van der Waals surface area (Å²) >= 11 is 5.65. The zero-order valence-corrected chi connectivity index (χ0v) is 14.1. The van der Waals surface area contributed by atoms with E-state index in [9.17, 15) is 18.4 Å². The summed E-state index contributed by atoms with van der Waals surface area (Å²) in [5, 5.41) is 13.4. The molecular weight excluding hydrogens is 370 g/mol. The molecule has 0 spiro atoms. The van der Waals surface area contributed by atoms with E-state index in [0.29, 0.717) is 11.8 Å². The van der Waals surface area contributed by atoms with Crippen LogP contribution in [0.3, 0.4) is 0 Å². The molecule has 0 unspecified atom stereocenters. The number of rotatable bonds is 5. The summed E-state index contributed by atoms with van der Waals surface area (Å²) in [4.78, 5) is 27.6. The predicted octanol–water partition coefficient (Wildman–Crippen LogP) is 1.98. The number of nitrogens with one attached hydrogen (secondary N) is 2. The number of carbonyl (C=O) groups excluding carboxylic acids is 2. The van der Waals surface area contributed by atoms with Crippen LogP contribution in [-0.4, -0.2) is 30.9 Å². The summed E-state index contributed by atoms with van der Waals surface area (Å²) in [6, 6.07) is 3.82. The molecule has 26 heavy (non-hydrogen) atoms. The first-order chi connectivity index (χ1) is 12.4. The minimum atomic E-state index is -1.22. The van der Waals surface area contributed by atoms with Crippen molar-refractivity contribution in [1.82, 2.24) is 10.6 Å². The van der Waals surface area contributed by atoms with E-state index in [1.165, 1.54) is 12.1 Å². The van der Waals surface area contributed by atoms with Crippen LogP contribution in [-0.2, 0) is 20.9 Å². The molecule has 1 aliphatic rings. The van der Waals surface area contributed by atoms with Crippen LogP contribution in [0.25, 0.3) is 5.41 Å². The van der Waals surface area contributed by atoms with Crippen molar-refractivity contribution in [3.05, 3.63) is 63.4 Å². The van der Waals surface area contributed by atoms with Crippen molar-refractivity contribution in [2.45, 2.75) is 6.54 Å². The van der Waals surface area contributed by atoms with E-state index in [0.717, 1.165) is 19.3 Å². The maximum atomic E-state index is 14.4. The number of nitrogens with zero attached hydrogens (tertiary/aromatic N) is 2. The van der Waals surface area contributed by atoms with E-state index in [1.807, 2.05) is 0 Å². The quantitative estimate of drug-likeness (QED) is 0.601. The van der Waals surface area contributed by atoms with Gasteiger partial charge in [-0.3, -0.25) is 4.79 Å². The summed E-state index contributed by atoms with van der Waals surface area (Å²) in [6.07, 6.45) is 1.61. The molecule has 1 heterocycles. The van der Waals surface area contributed by atoms with E-state index >= 15 is 0 Å². The third kappa shape index (κ3) is 4.31. The van der Waals surface area contributed by atoms with Crippen molar-refractivity contribution in [3.8, 4) is 0 Å². The van der Waals surface area contributed by atoms with Gasteiger partial charge in [0.1, 0.15) is 11.6 Å². The number of hydrogen-bond donors (Lipinski definition) is 2. The minimum Gasteiger partial charge on any atom is -0.811 e. The normalized spacial score (nSPS) is 15.2. The number of esters is 1. The highest BCUT2D eigenvalue weighted by Crippen LogP contribution is 2.18. The van der Waals surface area contributed by atoms with Crippen molar-refractivity contribution in [3.63, 3.8) is 0 Å². The van der Waals surface area contributed by atoms with Crippen LogP contribution in [0.4, 0.5) is 8.78 Å². The summed E-state index contributed by atoms with van der Waals surface area (Å²) < 4.78 is 32.0. The maximum Gasteiger partial charge on any atom is 0.357 e. The number of allylic oxidation sites excluding steroid dienone is 1. The average Bonchev–Trinajstić information content (AvgIpc) is 2.63. The van der Waals surface area contributed by atoms with E-state index in [1.54, 1.807) is 0 Å². The monoisotopic (exact) mass is 381 g/mol. The van der Waals surface area contributed by atoms with E-state index in [-0.39, 0.29) is 17.4 Å². The molecule has 7 nitrogen and oxygen atoms in total. The third-order valence-corrected chi connectivity index (χ3v) is 3.48. The van der Waals surface area contributed by atoms with Crippen LogP contribution in [0.5, 0.6) is 0 Å². The molecule has 2 N–H and O–H groups in total. The lowest BCUT2D eigenvalue weighted by Gasteiger charge is -2.18. The number of carbonyl (C=O) groups is 2. The first kappa shape index (κ1) is 19.3. The van der Waals surface area contributed by atoms with Gasteiger partial charge in [-0.05, 0) is 23.8 Å². The van der Waals surface area contributed by atoms with Gasteiger partial charge in [0.15, 0.2) is 17.2 Å². The van der Waals surface area contributed by atoms with Gasteiger partial charge in [0, 0.05) is 6.54 Å². The second-order valence-corrected chi connectivity index (χ2v) is 5.31. The Morgan fingerprint density at radius 2 is 2.15 bits per heavy atom. The molecule has 0 radical (unpaired) electrons. The lowest BCUT2D eigenvalue weighted by molar-refractivity contribution is -0.136. The SMILES string of the molecule is COC(=O)C1=C(F)C(C(=O)NCc2ccc(F)c(Cl)c2)=N/C(=C/C=[N-])N1. The van der Waals surface area contributed by atoms with E-state index in [2.05, 4.69) is 20.4 Å². The van der Waals surface area contributed by atoms with Crippen LogP contribution in [0.15, 0.2) is 46.6 Å². The van der Waals surface area contributed by atoms with Gasteiger partial charge in [-0.15, -0.1) is 0 Å². The van der Waals surface area contributed by atoms with Crippen LogP contribution in [0, 0.1) is 5.82 Å². The number of hydrogen-bond acceptors (Lipinski definition) is 5. The molecule has 10 heteroatoms. The zero-order chi connectivity index (χ0) is 19.3. The first-order valence-corrected chi connectivity index (χ1v) is 7.49. The molecule has 0 aromatic heterocycles. The zero-order valence-electron chi connectivity index (χ0n) is 13.3. The summed E-state index contributed by atoms with van der Waals surface area (Å²) in [7, 11) is 1.04. The lowest BCUT2D eigenvalue weighted by Crippen LogP contribution is -2.37. The Balaban J connectivity index is 2.24. The van der Waals surface area contributed by atoms with Gasteiger partial charge in [0.05, 0.1) is 12.1 Å². The maximum absolute atomic E-state index is 14.4. The molecule has 2 rings (SSSR count). The molecule has 0 fully saturated rings. The Morgan fingerprint density at radius 3 is 2.77 bits per heavy atom. The highest BCUT2D eigenvalue weighted by atomic mass is 35.5. The molecule has 136 valence electrons. The molecule has 1 aliphatic heterocycles. The smallest absolute Gasteiger partial charge is 0.357 e. The van der Waals surface area contributed by atoms with Crippen molar-refractivity contribution in [1.29, 1.82) is 0 Å². The Kier molecular flexibility index (Phi) is 6.18. The fraction of sp³-hybridized carbons (Fsp3) is 0.125. The highest BCUT2D eigenvalue weighted by molar-refractivity contribution is 6.45. The summed E-state index contributed by atoms with van der Waals surface area (Å²) in [5.74, 6) is -3.98. The lowest BCUT2D eigenvalue weighted by atomic mass is 10.2. The largest absolute Gasteiger partial charge is 0.811 e. The first-order valence-electron chi connectivity index (χ1n) is 7.11. The Labute approximate surface area is 151 Å². The molecule has 0 saturated carbocycles. The molecule has 0 atom stereocenters. The van der Waals surface area contributed by atoms with Gasteiger partial charge >= 0.3 is 5.97 Å². The van der Waals surface area contributed by atoms with Crippen molar-refractivity contribution >= 4 is 35.4 Å². The number of aliphatic imine (C=N–C) groups is 1. The molecule has 1 aromatic carbocycles. The predicted molar refractivity (Wildman–Crippen MR) is 91.5 cm³/mol. The fourth-order valence-electron chi connectivity index (χ4n) is 1.96. The number of methoxy groups -OCH3 is 1. The van der Waals surface area contributed by atoms with Gasteiger partial charge in [0.2, 0.25) is 0 Å².